The maximum absolute atomic E-state index is 10.8. The third kappa shape index (κ3) is 3.74. The predicted molar refractivity (Wildman–Crippen MR) is 90.5 cm³/mol. The van der Waals surface area contributed by atoms with Crippen LogP contribution >= 0.6 is 23.5 Å². The number of para-hydroxylation sites is 1. The summed E-state index contributed by atoms with van der Waals surface area (Å²) >= 11 is 3.18. The molecule has 0 amide bonds. The highest BCUT2D eigenvalue weighted by Gasteiger charge is 2.18. The number of carbonyl (C=O) groups is 1. The van der Waals surface area contributed by atoms with E-state index in [1.54, 1.807) is 0 Å². The van der Waals surface area contributed by atoms with Crippen LogP contribution in [-0.2, 0) is 4.79 Å². The Morgan fingerprint density at radius 1 is 1.48 bits per heavy atom. The fourth-order valence-electron chi connectivity index (χ4n) is 2.30. The van der Waals surface area contributed by atoms with Gasteiger partial charge < -0.3 is 9.67 Å². The zero-order valence-electron chi connectivity index (χ0n) is 12.5. The molecule has 6 heteroatoms. The van der Waals surface area contributed by atoms with Crippen LogP contribution in [0.2, 0.25) is 0 Å². The Morgan fingerprint density at radius 2 is 2.24 bits per heavy atom. The zero-order valence-corrected chi connectivity index (χ0v) is 14.1. The molecular formula is C15H20N2O2S2. The van der Waals surface area contributed by atoms with Gasteiger partial charge in [0.25, 0.3) is 0 Å². The molecule has 0 aliphatic heterocycles. The first-order valence-electron chi connectivity index (χ1n) is 6.94. The Kier molecular flexibility index (Phi) is 5.58. The van der Waals surface area contributed by atoms with Crippen molar-refractivity contribution in [2.24, 2.45) is 0 Å². The second kappa shape index (κ2) is 7.22. The smallest absolute Gasteiger partial charge is 0.313 e. The van der Waals surface area contributed by atoms with Crippen molar-refractivity contribution in [2.75, 3.05) is 17.3 Å². The molecule has 0 aliphatic rings. The Bertz CT molecular complexity index is 640. The fourth-order valence-corrected chi connectivity index (χ4v) is 3.85. The molecule has 0 radical (unpaired) electrons. The van der Waals surface area contributed by atoms with E-state index in [1.807, 2.05) is 23.9 Å². The Balaban J connectivity index is 2.45. The number of benzene rings is 1. The summed E-state index contributed by atoms with van der Waals surface area (Å²) in [6.45, 7) is 6.39. The molecule has 0 saturated carbocycles. The monoisotopic (exact) mass is 324 g/mol. The van der Waals surface area contributed by atoms with Crippen molar-refractivity contribution in [3.05, 3.63) is 23.8 Å². The van der Waals surface area contributed by atoms with Crippen LogP contribution < -0.4 is 0 Å². The molecule has 0 fully saturated rings. The van der Waals surface area contributed by atoms with Gasteiger partial charge in [0.15, 0.2) is 5.16 Å². The van der Waals surface area contributed by atoms with Crippen molar-refractivity contribution < 1.29 is 9.90 Å². The maximum Gasteiger partial charge on any atom is 0.313 e. The third-order valence-electron chi connectivity index (χ3n) is 3.21. The van der Waals surface area contributed by atoms with Gasteiger partial charge in [0.1, 0.15) is 0 Å². The van der Waals surface area contributed by atoms with Crippen LogP contribution in [0.15, 0.2) is 23.4 Å². The number of carboxylic acids is 1. The van der Waals surface area contributed by atoms with E-state index < -0.39 is 5.97 Å². The molecule has 4 nitrogen and oxygen atoms in total. The van der Waals surface area contributed by atoms with Crippen LogP contribution in [0.5, 0.6) is 0 Å². The lowest BCUT2D eigenvalue weighted by Gasteiger charge is -2.17. The number of aryl methyl sites for hydroxylation is 1. The van der Waals surface area contributed by atoms with Gasteiger partial charge in [-0.1, -0.05) is 30.8 Å². The first-order chi connectivity index (χ1) is 10.0. The summed E-state index contributed by atoms with van der Waals surface area (Å²) in [6.07, 6.45) is 0. The fraction of sp³-hybridized carbons (Fsp3) is 0.467. The van der Waals surface area contributed by atoms with Crippen LogP contribution in [0.3, 0.4) is 0 Å². The molecule has 21 heavy (non-hydrogen) atoms. The van der Waals surface area contributed by atoms with Crippen molar-refractivity contribution in [3.8, 4) is 0 Å². The minimum atomic E-state index is -0.814. The van der Waals surface area contributed by atoms with Crippen molar-refractivity contribution in [2.45, 2.75) is 32.0 Å². The maximum atomic E-state index is 10.8. The largest absolute Gasteiger partial charge is 0.481 e. The zero-order chi connectivity index (χ0) is 15.4. The number of carboxylic acid groups (broad SMARTS) is 1. The van der Waals surface area contributed by atoms with E-state index in [-0.39, 0.29) is 11.8 Å². The van der Waals surface area contributed by atoms with Gasteiger partial charge in [-0.2, -0.15) is 11.8 Å². The Hall–Kier alpha value is -1.14. The Morgan fingerprint density at radius 3 is 2.90 bits per heavy atom. The predicted octanol–water partition coefficient (Wildman–Crippen LogP) is 3.84. The lowest BCUT2D eigenvalue weighted by atomic mass is 10.2. The molecular weight excluding hydrogens is 304 g/mol. The number of fused-ring (bicyclic) bond motifs is 1. The molecule has 1 heterocycles. The van der Waals surface area contributed by atoms with Gasteiger partial charge in [-0.15, -0.1) is 0 Å². The number of imidazole rings is 1. The molecule has 0 aliphatic carbocycles. The highest BCUT2D eigenvalue weighted by atomic mass is 32.2. The van der Waals surface area contributed by atoms with E-state index in [0.29, 0.717) is 0 Å². The highest BCUT2D eigenvalue weighted by Crippen LogP contribution is 2.31. The van der Waals surface area contributed by atoms with Gasteiger partial charge >= 0.3 is 5.97 Å². The number of aliphatic carboxylic acids is 1. The van der Waals surface area contributed by atoms with E-state index in [0.717, 1.165) is 27.7 Å². The molecule has 0 saturated heterocycles. The van der Waals surface area contributed by atoms with Gasteiger partial charge in [0, 0.05) is 11.8 Å². The summed E-state index contributed by atoms with van der Waals surface area (Å²) in [4.78, 5) is 15.5. The summed E-state index contributed by atoms with van der Waals surface area (Å²) in [5, 5.41) is 9.71. The summed E-state index contributed by atoms with van der Waals surface area (Å²) < 4.78 is 2.20. The number of nitrogens with zero attached hydrogens (tertiary/aromatic N) is 2. The summed E-state index contributed by atoms with van der Waals surface area (Å²) in [5.74, 6) is 1.30. The standard InChI is InChI=1S/C15H20N2O2S2/c1-4-20-8-11(3)17-14-10(2)6-5-7-12(14)16-15(17)21-9-13(18)19/h5-7,11H,4,8-9H2,1-3H3,(H,18,19). The van der Waals surface area contributed by atoms with Crippen molar-refractivity contribution in [3.63, 3.8) is 0 Å². The molecule has 114 valence electrons. The van der Waals surface area contributed by atoms with E-state index in [4.69, 9.17) is 5.11 Å². The molecule has 1 aromatic carbocycles. The van der Waals surface area contributed by atoms with Crippen LogP contribution in [0.25, 0.3) is 11.0 Å². The molecule has 1 unspecified atom stereocenters. The Labute approximate surface area is 133 Å². The summed E-state index contributed by atoms with van der Waals surface area (Å²) in [5.41, 5.74) is 3.24. The molecule has 1 atom stereocenters. The van der Waals surface area contributed by atoms with Crippen LogP contribution in [0.4, 0.5) is 0 Å². The molecule has 2 rings (SSSR count). The first kappa shape index (κ1) is 16.2. The first-order valence-corrected chi connectivity index (χ1v) is 9.08. The number of rotatable bonds is 7. The van der Waals surface area contributed by atoms with E-state index in [9.17, 15) is 4.79 Å². The highest BCUT2D eigenvalue weighted by molar-refractivity contribution is 7.99. The second-order valence-corrected chi connectivity index (χ2v) is 7.16. The number of hydrogen-bond acceptors (Lipinski definition) is 4. The normalized spacial score (nSPS) is 12.7. The average molecular weight is 324 g/mol. The third-order valence-corrected chi connectivity index (χ3v) is 5.27. The second-order valence-electron chi connectivity index (χ2n) is 4.90. The average Bonchev–Trinajstić information content (AvgIpc) is 2.82. The van der Waals surface area contributed by atoms with Crippen LogP contribution in [-0.4, -0.2) is 37.9 Å². The number of hydrogen-bond donors (Lipinski definition) is 1. The number of thioether (sulfide) groups is 2. The van der Waals surface area contributed by atoms with E-state index in [1.165, 1.54) is 17.3 Å². The molecule has 0 spiro atoms. The quantitative estimate of drug-likeness (QED) is 0.784. The van der Waals surface area contributed by atoms with Crippen molar-refractivity contribution >= 4 is 40.5 Å². The molecule has 1 aromatic heterocycles. The molecule has 2 aromatic rings. The summed E-state index contributed by atoms with van der Waals surface area (Å²) in [6, 6.07) is 6.35. The molecule has 1 N–H and O–H groups in total. The van der Waals surface area contributed by atoms with Gasteiger partial charge in [-0.05, 0) is 31.2 Å². The minimum absolute atomic E-state index is 0.0377. The van der Waals surface area contributed by atoms with Gasteiger partial charge in [-0.25, -0.2) is 4.98 Å². The SMILES string of the molecule is CCSCC(C)n1c(SCC(=O)O)nc2cccc(C)c21. The van der Waals surface area contributed by atoms with Gasteiger partial charge in [0.05, 0.1) is 16.8 Å². The lowest BCUT2D eigenvalue weighted by molar-refractivity contribution is -0.133. The van der Waals surface area contributed by atoms with Crippen molar-refractivity contribution in [1.29, 1.82) is 0 Å². The summed E-state index contributed by atoms with van der Waals surface area (Å²) in [7, 11) is 0. The minimum Gasteiger partial charge on any atom is -0.481 e. The molecule has 0 bridgehead atoms. The lowest BCUT2D eigenvalue weighted by Crippen LogP contribution is -2.11. The number of aromatic nitrogens is 2. The van der Waals surface area contributed by atoms with Crippen molar-refractivity contribution in [1.82, 2.24) is 9.55 Å². The topological polar surface area (TPSA) is 55.1 Å². The van der Waals surface area contributed by atoms with Gasteiger partial charge in [0.2, 0.25) is 0 Å². The van der Waals surface area contributed by atoms with E-state index >= 15 is 0 Å². The van der Waals surface area contributed by atoms with Crippen LogP contribution in [0.1, 0.15) is 25.5 Å². The van der Waals surface area contributed by atoms with Crippen LogP contribution in [0, 0.1) is 6.92 Å². The van der Waals surface area contributed by atoms with E-state index in [2.05, 4.69) is 36.4 Å². The van der Waals surface area contributed by atoms with Gasteiger partial charge in [-0.3, -0.25) is 4.79 Å².